The van der Waals surface area contributed by atoms with Crippen LogP contribution in [0.1, 0.15) is 21.5 Å². The molecule has 2 amide bonds. The molecule has 0 fully saturated rings. The van der Waals surface area contributed by atoms with Crippen molar-refractivity contribution in [2.24, 2.45) is 11.7 Å². The van der Waals surface area contributed by atoms with Crippen LogP contribution in [0.4, 0.5) is 10.1 Å². The number of nitrogens with two attached hydrogens (primary N) is 1. The Kier molecular flexibility index (Phi) is 6.17. The largest absolute Gasteiger partial charge is 0.366 e. The van der Waals surface area contributed by atoms with Gasteiger partial charge in [-0.3, -0.25) is 9.59 Å². The van der Waals surface area contributed by atoms with Crippen LogP contribution in [0.3, 0.4) is 0 Å². The third kappa shape index (κ3) is 5.04. The number of anilines is 1. The van der Waals surface area contributed by atoms with Crippen molar-refractivity contribution in [2.45, 2.75) is 12.8 Å². The van der Waals surface area contributed by atoms with E-state index in [1.54, 1.807) is 0 Å². The SMILES string of the molecule is NC(=O)c1cc(NC(=O)C(Cc2ccccc2)Cc2ccccc2)ccc1F. The lowest BCUT2D eigenvalue weighted by atomic mass is 9.91. The molecule has 3 rings (SSSR count). The fraction of sp³-hybridized carbons (Fsp3) is 0.130. The average Bonchev–Trinajstić information content (AvgIpc) is 2.70. The molecule has 0 bridgehead atoms. The third-order valence-electron chi connectivity index (χ3n) is 4.52. The highest BCUT2D eigenvalue weighted by atomic mass is 19.1. The Balaban J connectivity index is 1.81. The first-order chi connectivity index (χ1) is 13.5. The van der Waals surface area contributed by atoms with E-state index in [1.165, 1.54) is 12.1 Å². The van der Waals surface area contributed by atoms with Crippen molar-refractivity contribution in [1.82, 2.24) is 0 Å². The quantitative estimate of drug-likeness (QED) is 0.655. The van der Waals surface area contributed by atoms with Crippen molar-refractivity contribution in [2.75, 3.05) is 5.32 Å². The van der Waals surface area contributed by atoms with Crippen molar-refractivity contribution in [3.63, 3.8) is 0 Å². The van der Waals surface area contributed by atoms with Crippen LogP contribution < -0.4 is 11.1 Å². The van der Waals surface area contributed by atoms with E-state index < -0.39 is 11.7 Å². The summed E-state index contributed by atoms with van der Waals surface area (Å²) < 4.78 is 13.7. The Hall–Kier alpha value is -3.47. The van der Waals surface area contributed by atoms with Gasteiger partial charge in [0.05, 0.1) is 5.56 Å². The number of benzene rings is 3. The van der Waals surface area contributed by atoms with Crippen LogP contribution in [0, 0.1) is 11.7 Å². The molecule has 3 N–H and O–H groups in total. The summed E-state index contributed by atoms with van der Waals surface area (Å²) in [5, 5.41) is 2.79. The number of carbonyl (C=O) groups excluding carboxylic acids is 2. The zero-order chi connectivity index (χ0) is 19.9. The zero-order valence-corrected chi connectivity index (χ0v) is 15.3. The highest BCUT2D eigenvalue weighted by Gasteiger charge is 2.20. The smallest absolute Gasteiger partial charge is 0.251 e. The van der Waals surface area contributed by atoms with Gasteiger partial charge in [0.2, 0.25) is 5.91 Å². The summed E-state index contributed by atoms with van der Waals surface area (Å²) >= 11 is 0. The number of nitrogens with one attached hydrogen (secondary N) is 1. The molecule has 5 heteroatoms. The van der Waals surface area contributed by atoms with Gasteiger partial charge in [-0.1, -0.05) is 60.7 Å². The van der Waals surface area contributed by atoms with Gasteiger partial charge in [-0.25, -0.2) is 4.39 Å². The van der Waals surface area contributed by atoms with E-state index in [0.29, 0.717) is 18.5 Å². The summed E-state index contributed by atoms with van der Waals surface area (Å²) in [7, 11) is 0. The molecule has 0 aliphatic carbocycles. The van der Waals surface area contributed by atoms with Gasteiger partial charge in [-0.15, -0.1) is 0 Å². The summed E-state index contributed by atoms with van der Waals surface area (Å²) in [6.07, 6.45) is 1.12. The van der Waals surface area contributed by atoms with E-state index in [0.717, 1.165) is 17.2 Å². The number of carbonyl (C=O) groups is 2. The lowest BCUT2D eigenvalue weighted by molar-refractivity contribution is -0.119. The predicted octanol–water partition coefficient (Wildman–Crippen LogP) is 3.96. The molecule has 0 aromatic heterocycles. The van der Waals surface area contributed by atoms with Crippen LogP contribution in [-0.4, -0.2) is 11.8 Å². The monoisotopic (exact) mass is 376 g/mol. The molecule has 3 aromatic carbocycles. The van der Waals surface area contributed by atoms with Crippen LogP contribution in [0.2, 0.25) is 0 Å². The second-order valence-corrected chi connectivity index (χ2v) is 6.62. The first-order valence-electron chi connectivity index (χ1n) is 9.01. The van der Waals surface area contributed by atoms with E-state index in [2.05, 4.69) is 5.32 Å². The molecule has 0 aliphatic rings. The van der Waals surface area contributed by atoms with Gasteiger partial charge in [-0.2, -0.15) is 0 Å². The minimum absolute atomic E-state index is 0.199. The Bertz CT molecular complexity index is 917. The second-order valence-electron chi connectivity index (χ2n) is 6.62. The van der Waals surface area contributed by atoms with Gasteiger partial charge in [0.25, 0.3) is 5.91 Å². The molecular formula is C23H21FN2O2. The summed E-state index contributed by atoms with van der Waals surface area (Å²) in [4.78, 5) is 24.3. The Morgan fingerprint density at radius 1 is 0.857 bits per heavy atom. The van der Waals surface area contributed by atoms with Crippen molar-refractivity contribution in [3.05, 3.63) is 101 Å². The molecular weight excluding hydrogens is 355 g/mol. The van der Waals surface area contributed by atoms with Crippen LogP contribution in [0.5, 0.6) is 0 Å². The number of hydrogen-bond donors (Lipinski definition) is 2. The molecule has 0 unspecified atom stereocenters. The van der Waals surface area contributed by atoms with Crippen molar-refractivity contribution < 1.29 is 14.0 Å². The first kappa shape index (κ1) is 19.3. The molecule has 4 nitrogen and oxygen atoms in total. The molecule has 0 radical (unpaired) electrons. The van der Waals surface area contributed by atoms with Crippen LogP contribution in [0.25, 0.3) is 0 Å². The Morgan fingerprint density at radius 3 is 1.89 bits per heavy atom. The molecule has 0 heterocycles. The number of amides is 2. The lowest BCUT2D eigenvalue weighted by Gasteiger charge is -2.18. The number of halogens is 1. The summed E-state index contributed by atoms with van der Waals surface area (Å²) in [5.74, 6) is -2.11. The molecule has 3 aromatic rings. The molecule has 0 atom stereocenters. The highest BCUT2D eigenvalue weighted by Crippen LogP contribution is 2.19. The molecule has 142 valence electrons. The molecule has 0 saturated carbocycles. The number of primary amides is 1. The van der Waals surface area contributed by atoms with Crippen molar-refractivity contribution in [3.8, 4) is 0 Å². The van der Waals surface area contributed by atoms with Crippen LogP contribution >= 0.6 is 0 Å². The predicted molar refractivity (Wildman–Crippen MR) is 107 cm³/mol. The van der Waals surface area contributed by atoms with E-state index in [4.69, 9.17) is 5.73 Å². The van der Waals surface area contributed by atoms with Crippen LogP contribution in [0.15, 0.2) is 78.9 Å². The third-order valence-corrected chi connectivity index (χ3v) is 4.52. The van der Waals surface area contributed by atoms with Gasteiger partial charge >= 0.3 is 0 Å². The second kappa shape index (κ2) is 8.95. The number of rotatable bonds is 7. The van der Waals surface area contributed by atoms with Gasteiger partial charge in [0.15, 0.2) is 0 Å². The van der Waals surface area contributed by atoms with E-state index in [-0.39, 0.29) is 17.4 Å². The topological polar surface area (TPSA) is 72.2 Å². The van der Waals surface area contributed by atoms with Gasteiger partial charge in [0, 0.05) is 11.6 Å². The molecule has 0 saturated heterocycles. The van der Waals surface area contributed by atoms with Crippen molar-refractivity contribution >= 4 is 17.5 Å². The van der Waals surface area contributed by atoms with Gasteiger partial charge in [0.1, 0.15) is 5.82 Å². The molecule has 0 aliphatic heterocycles. The minimum Gasteiger partial charge on any atom is -0.366 e. The summed E-state index contributed by atoms with van der Waals surface area (Å²) in [5.41, 5.74) is 7.38. The van der Waals surface area contributed by atoms with E-state index in [9.17, 15) is 14.0 Å². The fourth-order valence-corrected chi connectivity index (χ4v) is 3.09. The Morgan fingerprint density at radius 2 is 1.39 bits per heavy atom. The Labute approximate surface area is 163 Å². The maximum Gasteiger partial charge on any atom is 0.251 e. The molecule has 0 spiro atoms. The van der Waals surface area contributed by atoms with Crippen LogP contribution in [-0.2, 0) is 17.6 Å². The zero-order valence-electron chi connectivity index (χ0n) is 15.3. The van der Waals surface area contributed by atoms with E-state index in [1.807, 2.05) is 60.7 Å². The van der Waals surface area contributed by atoms with Gasteiger partial charge < -0.3 is 11.1 Å². The summed E-state index contributed by atoms with van der Waals surface area (Å²) in [6, 6.07) is 23.3. The maximum absolute atomic E-state index is 13.7. The normalized spacial score (nSPS) is 10.6. The fourth-order valence-electron chi connectivity index (χ4n) is 3.09. The minimum atomic E-state index is -0.876. The highest BCUT2D eigenvalue weighted by molar-refractivity contribution is 5.97. The summed E-state index contributed by atoms with van der Waals surface area (Å²) in [6.45, 7) is 0. The van der Waals surface area contributed by atoms with Crippen molar-refractivity contribution in [1.29, 1.82) is 0 Å². The first-order valence-corrected chi connectivity index (χ1v) is 9.01. The molecule has 28 heavy (non-hydrogen) atoms. The van der Waals surface area contributed by atoms with Gasteiger partial charge in [-0.05, 0) is 42.2 Å². The number of hydrogen-bond acceptors (Lipinski definition) is 2. The van der Waals surface area contributed by atoms with E-state index >= 15 is 0 Å². The maximum atomic E-state index is 13.7. The standard InChI is InChI=1S/C23H21FN2O2/c24-21-12-11-19(15-20(21)22(25)27)26-23(28)18(13-16-7-3-1-4-8-16)14-17-9-5-2-6-10-17/h1-12,15,18H,13-14H2,(H2,25,27)(H,26,28). The lowest BCUT2D eigenvalue weighted by Crippen LogP contribution is -2.27. The average molecular weight is 376 g/mol.